The van der Waals surface area contributed by atoms with Crippen LogP contribution >= 0.6 is 0 Å². The van der Waals surface area contributed by atoms with Gasteiger partial charge in [0.1, 0.15) is 6.10 Å². The van der Waals surface area contributed by atoms with E-state index < -0.39 is 5.79 Å². The molecular weight excluding hydrogens is 200 g/mol. The minimum absolute atomic E-state index is 0.198. The van der Waals surface area contributed by atoms with Crippen molar-refractivity contribution in [3.8, 4) is 0 Å². The summed E-state index contributed by atoms with van der Waals surface area (Å²) in [6.07, 6.45) is 0.480. The van der Waals surface area contributed by atoms with E-state index in [1.54, 1.807) is 21.3 Å². The number of rotatable bonds is 6. The summed E-state index contributed by atoms with van der Waals surface area (Å²) in [6, 6.07) is 0. The highest BCUT2D eigenvalue weighted by Crippen LogP contribution is 2.27. The maximum Gasteiger partial charge on any atom is 0.198 e. The SMILES string of the molecule is COCCOC1COCCC1(OC)OC. The van der Waals surface area contributed by atoms with E-state index in [4.69, 9.17) is 23.7 Å². The van der Waals surface area contributed by atoms with Crippen molar-refractivity contribution in [2.45, 2.75) is 18.3 Å². The number of hydrogen-bond donors (Lipinski definition) is 0. The van der Waals surface area contributed by atoms with Crippen LogP contribution in [0.1, 0.15) is 6.42 Å². The van der Waals surface area contributed by atoms with Gasteiger partial charge < -0.3 is 23.7 Å². The Morgan fingerprint density at radius 1 is 1.20 bits per heavy atom. The summed E-state index contributed by atoms with van der Waals surface area (Å²) in [5, 5.41) is 0. The average molecular weight is 220 g/mol. The van der Waals surface area contributed by atoms with Gasteiger partial charge in [0.05, 0.1) is 26.4 Å². The summed E-state index contributed by atoms with van der Waals surface area (Å²) < 4.78 is 26.7. The predicted octanol–water partition coefficient (Wildman–Crippen LogP) is 0.427. The number of ether oxygens (including phenoxy) is 5. The van der Waals surface area contributed by atoms with E-state index in [0.29, 0.717) is 32.8 Å². The normalized spacial score (nSPS) is 25.4. The Hall–Kier alpha value is -0.200. The molecule has 1 rings (SSSR count). The lowest BCUT2D eigenvalue weighted by atomic mass is 10.0. The van der Waals surface area contributed by atoms with Gasteiger partial charge in [-0.25, -0.2) is 0 Å². The van der Waals surface area contributed by atoms with Gasteiger partial charge >= 0.3 is 0 Å². The average Bonchev–Trinajstić information content (AvgIpc) is 2.30. The zero-order valence-electron chi connectivity index (χ0n) is 9.65. The standard InChI is InChI=1S/C10H20O5/c1-11-6-7-15-9-8-14-5-4-10(9,12-2)13-3/h9H,4-8H2,1-3H3. The molecule has 0 aromatic rings. The molecule has 1 saturated heterocycles. The molecule has 1 aliphatic rings. The molecule has 1 heterocycles. The first-order valence-corrected chi connectivity index (χ1v) is 5.07. The molecule has 90 valence electrons. The Labute approximate surface area is 90.6 Å². The van der Waals surface area contributed by atoms with E-state index in [-0.39, 0.29) is 6.10 Å². The fourth-order valence-corrected chi connectivity index (χ4v) is 1.69. The van der Waals surface area contributed by atoms with Gasteiger partial charge in [-0.15, -0.1) is 0 Å². The van der Waals surface area contributed by atoms with Crippen LogP contribution in [0, 0.1) is 0 Å². The molecule has 0 aromatic carbocycles. The highest BCUT2D eigenvalue weighted by Gasteiger charge is 2.43. The summed E-state index contributed by atoms with van der Waals surface area (Å²) in [5.41, 5.74) is 0. The maximum atomic E-state index is 5.62. The smallest absolute Gasteiger partial charge is 0.198 e. The first-order valence-electron chi connectivity index (χ1n) is 5.07. The van der Waals surface area contributed by atoms with Crippen molar-refractivity contribution < 1.29 is 23.7 Å². The molecule has 0 spiro atoms. The van der Waals surface area contributed by atoms with Crippen LogP contribution < -0.4 is 0 Å². The molecule has 5 heteroatoms. The Balaban J connectivity index is 2.48. The quantitative estimate of drug-likeness (QED) is 0.480. The van der Waals surface area contributed by atoms with E-state index in [2.05, 4.69) is 0 Å². The zero-order chi connectivity index (χ0) is 11.1. The third-order valence-corrected chi connectivity index (χ3v) is 2.65. The second kappa shape index (κ2) is 6.40. The van der Waals surface area contributed by atoms with E-state index in [1.807, 2.05) is 0 Å². The van der Waals surface area contributed by atoms with Gasteiger partial charge in [0, 0.05) is 27.8 Å². The van der Waals surface area contributed by atoms with Crippen molar-refractivity contribution in [2.24, 2.45) is 0 Å². The molecule has 5 nitrogen and oxygen atoms in total. The van der Waals surface area contributed by atoms with Crippen LogP contribution in [0.4, 0.5) is 0 Å². The minimum Gasteiger partial charge on any atom is -0.382 e. The molecule has 0 bridgehead atoms. The predicted molar refractivity (Wildman–Crippen MR) is 53.8 cm³/mol. The van der Waals surface area contributed by atoms with Crippen LogP contribution in [0.5, 0.6) is 0 Å². The van der Waals surface area contributed by atoms with Crippen LogP contribution in [0.25, 0.3) is 0 Å². The Morgan fingerprint density at radius 3 is 2.53 bits per heavy atom. The van der Waals surface area contributed by atoms with E-state index in [9.17, 15) is 0 Å². The van der Waals surface area contributed by atoms with E-state index in [0.717, 1.165) is 0 Å². The van der Waals surface area contributed by atoms with Gasteiger partial charge in [0.15, 0.2) is 5.79 Å². The highest BCUT2D eigenvalue weighted by atomic mass is 16.7. The minimum atomic E-state index is -0.675. The van der Waals surface area contributed by atoms with Gasteiger partial charge in [0.2, 0.25) is 0 Å². The van der Waals surface area contributed by atoms with Gasteiger partial charge in [-0.1, -0.05) is 0 Å². The highest BCUT2D eigenvalue weighted by molar-refractivity contribution is 4.83. The molecule has 1 aliphatic heterocycles. The van der Waals surface area contributed by atoms with Crippen LogP contribution in [-0.2, 0) is 23.7 Å². The monoisotopic (exact) mass is 220 g/mol. The first kappa shape index (κ1) is 12.9. The molecule has 1 unspecified atom stereocenters. The molecule has 1 atom stereocenters. The maximum absolute atomic E-state index is 5.62. The third kappa shape index (κ3) is 3.12. The molecule has 1 fully saturated rings. The molecule has 0 aromatic heterocycles. The summed E-state index contributed by atoms with van der Waals surface area (Å²) in [4.78, 5) is 0. The van der Waals surface area contributed by atoms with Gasteiger partial charge in [-0.3, -0.25) is 0 Å². The lowest BCUT2D eigenvalue weighted by Gasteiger charge is -2.40. The zero-order valence-corrected chi connectivity index (χ0v) is 9.65. The van der Waals surface area contributed by atoms with Crippen molar-refractivity contribution in [3.63, 3.8) is 0 Å². The fraction of sp³-hybridized carbons (Fsp3) is 1.00. The van der Waals surface area contributed by atoms with Gasteiger partial charge in [-0.2, -0.15) is 0 Å². The summed E-state index contributed by atoms with van der Waals surface area (Å²) in [5.74, 6) is -0.675. The molecule has 0 saturated carbocycles. The topological polar surface area (TPSA) is 46.2 Å². The molecule has 0 aliphatic carbocycles. The third-order valence-electron chi connectivity index (χ3n) is 2.65. The van der Waals surface area contributed by atoms with Crippen LogP contribution in [0.2, 0.25) is 0 Å². The van der Waals surface area contributed by atoms with Gasteiger partial charge in [0.25, 0.3) is 0 Å². The summed E-state index contributed by atoms with van der Waals surface area (Å²) in [6.45, 7) is 2.19. The second-order valence-electron chi connectivity index (χ2n) is 3.40. The summed E-state index contributed by atoms with van der Waals surface area (Å²) >= 11 is 0. The molecule has 0 N–H and O–H groups in total. The Bertz CT molecular complexity index is 169. The van der Waals surface area contributed by atoms with Crippen molar-refractivity contribution in [3.05, 3.63) is 0 Å². The molecule has 0 radical (unpaired) electrons. The second-order valence-corrected chi connectivity index (χ2v) is 3.40. The van der Waals surface area contributed by atoms with Gasteiger partial charge in [-0.05, 0) is 0 Å². The molecule has 15 heavy (non-hydrogen) atoms. The number of methoxy groups -OCH3 is 3. The van der Waals surface area contributed by atoms with Crippen molar-refractivity contribution in [1.82, 2.24) is 0 Å². The fourth-order valence-electron chi connectivity index (χ4n) is 1.69. The Morgan fingerprint density at radius 2 is 1.93 bits per heavy atom. The van der Waals surface area contributed by atoms with Crippen LogP contribution in [-0.4, -0.2) is 59.6 Å². The van der Waals surface area contributed by atoms with E-state index >= 15 is 0 Å². The first-order chi connectivity index (χ1) is 7.29. The number of hydrogen-bond acceptors (Lipinski definition) is 5. The molecular formula is C10H20O5. The van der Waals surface area contributed by atoms with Crippen LogP contribution in [0.15, 0.2) is 0 Å². The van der Waals surface area contributed by atoms with Crippen molar-refractivity contribution in [2.75, 3.05) is 47.8 Å². The largest absolute Gasteiger partial charge is 0.382 e. The van der Waals surface area contributed by atoms with Crippen molar-refractivity contribution >= 4 is 0 Å². The van der Waals surface area contributed by atoms with E-state index in [1.165, 1.54) is 0 Å². The van der Waals surface area contributed by atoms with Crippen molar-refractivity contribution in [1.29, 1.82) is 0 Å². The molecule has 0 amide bonds. The lowest BCUT2D eigenvalue weighted by Crippen LogP contribution is -2.53. The van der Waals surface area contributed by atoms with Crippen LogP contribution in [0.3, 0.4) is 0 Å². The Kier molecular flexibility index (Phi) is 5.49. The summed E-state index contributed by atoms with van der Waals surface area (Å²) in [7, 11) is 4.89. The lowest BCUT2D eigenvalue weighted by molar-refractivity contribution is -0.303.